The molecular weight excluding hydrogens is 100 g/mol. The van der Waals surface area contributed by atoms with Crippen molar-refractivity contribution in [2.45, 2.75) is 26.7 Å². The summed E-state index contributed by atoms with van der Waals surface area (Å²) in [6.45, 7) is 4.18. The van der Waals surface area contributed by atoms with E-state index in [-0.39, 0.29) is 0 Å². The van der Waals surface area contributed by atoms with Crippen LogP contribution in [0.4, 0.5) is 0 Å². The minimum absolute atomic E-state index is 0.343. The Kier molecular flexibility index (Phi) is 1.37. The maximum absolute atomic E-state index is 10.8. The molecule has 1 nitrogen and oxygen atoms in total. The molecule has 1 heteroatoms. The van der Waals surface area contributed by atoms with Crippen LogP contribution in [0.25, 0.3) is 0 Å². The van der Waals surface area contributed by atoms with E-state index in [0.29, 0.717) is 17.6 Å². The van der Waals surface area contributed by atoms with Crippen LogP contribution in [0.2, 0.25) is 0 Å². The van der Waals surface area contributed by atoms with Crippen molar-refractivity contribution in [1.29, 1.82) is 0 Å². The Bertz CT molecular complexity index is 107. The average molecular weight is 112 g/mol. The SMILES string of the molecule is C[C@@H]1CCC(=O)[C@H]1C. The fraction of sp³-hybridized carbons (Fsp3) is 0.857. The quantitative estimate of drug-likeness (QED) is 0.465. The third-order valence-corrected chi connectivity index (χ3v) is 2.21. The van der Waals surface area contributed by atoms with Crippen molar-refractivity contribution in [1.82, 2.24) is 0 Å². The van der Waals surface area contributed by atoms with Crippen LogP contribution in [-0.2, 0) is 4.79 Å². The Labute approximate surface area is 50.1 Å². The van der Waals surface area contributed by atoms with Crippen LogP contribution in [0.5, 0.6) is 0 Å². The number of carbonyl (C=O) groups is 1. The standard InChI is InChI=1S/C7H12O/c1-5-3-4-7(8)6(5)2/h5-6H,3-4H2,1-2H3/t5-,6+/m1/s1. The van der Waals surface area contributed by atoms with Gasteiger partial charge in [-0.25, -0.2) is 0 Å². The lowest BCUT2D eigenvalue weighted by atomic mass is 10.0. The van der Waals surface area contributed by atoms with Crippen LogP contribution in [0.3, 0.4) is 0 Å². The topological polar surface area (TPSA) is 17.1 Å². The molecule has 0 heterocycles. The summed E-state index contributed by atoms with van der Waals surface area (Å²) in [7, 11) is 0. The predicted molar refractivity (Wildman–Crippen MR) is 32.6 cm³/mol. The fourth-order valence-electron chi connectivity index (χ4n) is 1.16. The third kappa shape index (κ3) is 0.770. The average Bonchev–Trinajstić information content (AvgIpc) is 1.98. The summed E-state index contributed by atoms with van der Waals surface area (Å²) in [6.07, 6.45) is 1.93. The number of rotatable bonds is 0. The summed E-state index contributed by atoms with van der Waals surface area (Å²) in [5, 5.41) is 0. The van der Waals surface area contributed by atoms with Gasteiger partial charge in [0.15, 0.2) is 0 Å². The van der Waals surface area contributed by atoms with Crippen molar-refractivity contribution in [3.8, 4) is 0 Å². The minimum atomic E-state index is 0.343. The molecule has 1 aliphatic carbocycles. The first-order valence-electron chi connectivity index (χ1n) is 3.24. The molecule has 0 unspecified atom stereocenters. The van der Waals surface area contributed by atoms with E-state index >= 15 is 0 Å². The highest BCUT2D eigenvalue weighted by Gasteiger charge is 2.26. The van der Waals surface area contributed by atoms with Crippen LogP contribution in [-0.4, -0.2) is 5.78 Å². The molecule has 0 spiro atoms. The Morgan fingerprint density at radius 3 is 2.25 bits per heavy atom. The van der Waals surface area contributed by atoms with Gasteiger partial charge in [0.05, 0.1) is 0 Å². The summed E-state index contributed by atoms with van der Waals surface area (Å²) in [5.74, 6) is 1.44. The molecule has 0 amide bonds. The van der Waals surface area contributed by atoms with Crippen molar-refractivity contribution in [3.05, 3.63) is 0 Å². The molecule has 0 bridgehead atoms. The molecule has 1 rings (SSSR count). The number of carbonyl (C=O) groups excluding carboxylic acids is 1. The zero-order valence-electron chi connectivity index (χ0n) is 5.48. The van der Waals surface area contributed by atoms with Gasteiger partial charge in [0.1, 0.15) is 5.78 Å². The normalized spacial score (nSPS) is 38.5. The lowest BCUT2D eigenvalue weighted by molar-refractivity contribution is -0.120. The summed E-state index contributed by atoms with van der Waals surface area (Å²) in [6, 6.07) is 0. The molecule has 1 fully saturated rings. The van der Waals surface area contributed by atoms with Crippen LogP contribution in [0.1, 0.15) is 26.7 Å². The lowest BCUT2D eigenvalue weighted by Gasteiger charge is -2.03. The van der Waals surface area contributed by atoms with E-state index in [2.05, 4.69) is 6.92 Å². The lowest BCUT2D eigenvalue weighted by Crippen LogP contribution is -2.06. The molecule has 0 aromatic rings. The van der Waals surface area contributed by atoms with Gasteiger partial charge in [-0.1, -0.05) is 13.8 Å². The Balaban J connectivity index is 2.56. The van der Waals surface area contributed by atoms with Gasteiger partial charge in [-0.2, -0.15) is 0 Å². The van der Waals surface area contributed by atoms with E-state index in [4.69, 9.17) is 0 Å². The molecule has 46 valence electrons. The van der Waals surface area contributed by atoms with E-state index in [1.165, 1.54) is 0 Å². The molecular formula is C7H12O. The molecule has 2 atom stereocenters. The van der Waals surface area contributed by atoms with Crippen molar-refractivity contribution in [3.63, 3.8) is 0 Å². The fourth-order valence-corrected chi connectivity index (χ4v) is 1.16. The maximum Gasteiger partial charge on any atom is 0.135 e. The van der Waals surface area contributed by atoms with E-state index < -0.39 is 0 Å². The van der Waals surface area contributed by atoms with Crippen molar-refractivity contribution in [2.24, 2.45) is 11.8 Å². The van der Waals surface area contributed by atoms with E-state index in [1.807, 2.05) is 6.92 Å². The van der Waals surface area contributed by atoms with E-state index in [0.717, 1.165) is 12.8 Å². The van der Waals surface area contributed by atoms with Crippen LogP contribution < -0.4 is 0 Å². The van der Waals surface area contributed by atoms with Gasteiger partial charge < -0.3 is 0 Å². The first kappa shape index (κ1) is 5.80. The van der Waals surface area contributed by atoms with E-state index in [9.17, 15) is 4.79 Å². The van der Waals surface area contributed by atoms with E-state index in [1.54, 1.807) is 0 Å². The molecule has 1 aliphatic rings. The van der Waals surface area contributed by atoms with Gasteiger partial charge in [0, 0.05) is 12.3 Å². The number of hydrogen-bond donors (Lipinski definition) is 0. The molecule has 0 N–H and O–H groups in total. The van der Waals surface area contributed by atoms with Gasteiger partial charge >= 0.3 is 0 Å². The minimum Gasteiger partial charge on any atom is -0.299 e. The zero-order valence-corrected chi connectivity index (χ0v) is 5.48. The summed E-state index contributed by atoms with van der Waals surface area (Å²) >= 11 is 0. The monoisotopic (exact) mass is 112 g/mol. The van der Waals surface area contributed by atoms with Crippen molar-refractivity contribution >= 4 is 5.78 Å². The number of hydrogen-bond acceptors (Lipinski definition) is 1. The second-order valence-electron chi connectivity index (χ2n) is 2.77. The molecule has 8 heavy (non-hydrogen) atoms. The van der Waals surface area contributed by atoms with Gasteiger partial charge in [0.25, 0.3) is 0 Å². The smallest absolute Gasteiger partial charge is 0.135 e. The highest BCUT2D eigenvalue weighted by molar-refractivity contribution is 5.82. The second kappa shape index (κ2) is 1.88. The number of ketones is 1. The van der Waals surface area contributed by atoms with Gasteiger partial charge in [-0.3, -0.25) is 4.79 Å². The van der Waals surface area contributed by atoms with Crippen LogP contribution in [0.15, 0.2) is 0 Å². The molecule has 1 saturated carbocycles. The molecule has 0 aliphatic heterocycles. The highest BCUT2D eigenvalue weighted by Crippen LogP contribution is 2.26. The highest BCUT2D eigenvalue weighted by atomic mass is 16.1. The number of Topliss-reactive ketones (excluding diaryl/α,β-unsaturated/α-hetero) is 1. The Morgan fingerprint density at radius 1 is 1.50 bits per heavy atom. The van der Waals surface area contributed by atoms with Gasteiger partial charge in [0.2, 0.25) is 0 Å². The largest absolute Gasteiger partial charge is 0.299 e. The molecule has 0 radical (unpaired) electrons. The maximum atomic E-state index is 10.8. The molecule has 0 aromatic carbocycles. The van der Waals surface area contributed by atoms with Gasteiger partial charge in [-0.15, -0.1) is 0 Å². The Morgan fingerprint density at radius 2 is 2.12 bits per heavy atom. The summed E-state index contributed by atoms with van der Waals surface area (Å²) in [4.78, 5) is 10.8. The van der Waals surface area contributed by atoms with Crippen LogP contribution >= 0.6 is 0 Å². The zero-order chi connectivity index (χ0) is 6.15. The van der Waals surface area contributed by atoms with Gasteiger partial charge in [-0.05, 0) is 12.3 Å². The summed E-state index contributed by atoms with van der Waals surface area (Å²) < 4.78 is 0. The summed E-state index contributed by atoms with van der Waals surface area (Å²) in [5.41, 5.74) is 0. The first-order chi connectivity index (χ1) is 3.72. The third-order valence-electron chi connectivity index (χ3n) is 2.21. The van der Waals surface area contributed by atoms with Crippen molar-refractivity contribution < 1.29 is 4.79 Å². The first-order valence-corrected chi connectivity index (χ1v) is 3.24. The predicted octanol–water partition coefficient (Wildman–Crippen LogP) is 1.62. The van der Waals surface area contributed by atoms with Crippen molar-refractivity contribution in [2.75, 3.05) is 0 Å². The second-order valence-corrected chi connectivity index (χ2v) is 2.77. The molecule has 0 saturated heterocycles. The van der Waals surface area contributed by atoms with Crippen LogP contribution in [0, 0.1) is 11.8 Å². The Hall–Kier alpha value is -0.330. The molecule has 0 aromatic heterocycles.